The van der Waals surface area contributed by atoms with Crippen LogP contribution in [-0.4, -0.2) is 0 Å². The van der Waals surface area contributed by atoms with Crippen molar-refractivity contribution < 1.29 is 4.42 Å². The lowest BCUT2D eigenvalue weighted by Crippen LogP contribution is -2.16. The average Bonchev–Trinajstić information content (AvgIpc) is 3.67. The number of nitrogens with zero attached hydrogens (tertiary/aromatic N) is 1. The predicted molar refractivity (Wildman–Crippen MR) is 214 cm³/mol. The molecule has 1 heterocycles. The number of benzene rings is 8. The summed E-state index contributed by atoms with van der Waals surface area (Å²) < 4.78 is 6.39. The molecule has 8 aromatic carbocycles. The molecule has 0 spiro atoms. The van der Waals surface area contributed by atoms with Crippen molar-refractivity contribution in [2.45, 2.75) is 19.3 Å². The van der Waals surface area contributed by atoms with Gasteiger partial charge in [0.25, 0.3) is 0 Å². The van der Waals surface area contributed by atoms with Crippen LogP contribution in [0, 0.1) is 0 Å². The molecule has 0 saturated heterocycles. The van der Waals surface area contributed by atoms with Crippen LogP contribution < -0.4 is 4.90 Å². The fraction of sp³-hybridized carbons (Fsp3) is 0.0612. The van der Waals surface area contributed by atoms with E-state index in [2.05, 4.69) is 183 Å². The zero-order chi connectivity index (χ0) is 34.1. The number of fused-ring (bicyclic) bond motifs is 7. The van der Waals surface area contributed by atoms with Gasteiger partial charge >= 0.3 is 0 Å². The number of rotatable bonds is 5. The van der Waals surface area contributed by atoms with E-state index in [0.717, 1.165) is 39.0 Å². The van der Waals surface area contributed by atoms with Gasteiger partial charge in [-0.15, -0.1) is 0 Å². The standard InChI is InChI=1S/C49H35NO/c1-49(2)45-19-7-5-15-41(45)44-18-10-17-40(48(44)49)33-23-25-37(26-24-33)50(39-27-28-43-42-16-6-8-20-46(42)51-47(43)31-39)38-14-9-13-35(30-38)36-22-21-32-11-3-4-12-34(32)29-36/h3-31H,1-2H3. The summed E-state index contributed by atoms with van der Waals surface area (Å²) >= 11 is 0. The molecule has 10 rings (SSSR count). The second-order valence-electron chi connectivity index (χ2n) is 14.2. The van der Waals surface area contributed by atoms with Crippen LogP contribution in [0.4, 0.5) is 17.1 Å². The first-order valence-electron chi connectivity index (χ1n) is 17.7. The third kappa shape index (κ3) is 4.71. The first kappa shape index (κ1) is 29.5. The number of furan rings is 1. The molecule has 1 aliphatic rings. The molecule has 0 N–H and O–H groups in total. The summed E-state index contributed by atoms with van der Waals surface area (Å²) in [4.78, 5) is 2.34. The van der Waals surface area contributed by atoms with Crippen molar-refractivity contribution in [3.8, 4) is 33.4 Å². The normalized spacial score (nSPS) is 13.1. The zero-order valence-electron chi connectivity index (χ0n) is 28.6. The van der Waals surface area contributed by atoms with Gasteiger partial charge in [-0.25, -0.2) is 0 Å². The Morgan fingerprint density at radius 1 is 0.412 bits per heavy atom. The van der Waals surface area contributed by atoms with E-state index in [1.807, 2.05) is 12.1 Å². The van der Waals surface area contributed by atoms with E-state index in [4.69, 9.17) is 4.42 Å². The molecule has 2 heteroatoms. The molecule has 9 aromatic rings. The summed E-state index contributed by atoms with van der Waals surface area (Å²) in [5.74, 6) is 0. The molecule has 0 radical (unpaired) electrons. The molecule has 0 saturated carbocycles. The second kappa shape index (κ2) is 11.3. The molecule has 0 bridgehead atoms. The summed E-state index contributed by atoms with van der Waals surface area (Å²) in [6.45, 7) is 4.71. The Bertz CT molecular complexity index is 2780. The Morgan fingerprint density at radius 3 is 1.96 bits per heavy atom. The highest BCUT2D eigenvalue weighted by atomic mass is 16.3. The summed E-state index contributed by atoms with van der Waals surface area (Å²) in [7, 11) is 0. The van der Waals surface area contributed by atoms with Crippen LogP contribution in [0.1, 0.15) is 25.0 Å². The van der Waals surface area contributed by atoms with Gasteiger partial charge in [-0.2, -0.15) is 0 Å². The quantitative estimate of drug-likeness (QED) is 0.184. The van der Waals surface area contributed by atoms with E-state index >= 15 is 0 Å². The van der Waals surface area contributed by atoms with Crippen molar-refractivity contribution in [1.29, 1.82) is 0 Å². The van der Waals surface area contributed by atoms with Gasteiger partial charge in [0.15, 0.2) is 0 Å². The molecular weight excluding hydrogens is 619 g/mol. The van der Waals surface area contributed by atoms with E-state index < -0.39 is 0 Å². The maximum atomic E-state index is 6.39. The fourth-order valence-corrected chi connectivity index (χ4v) is 8.37. The highest BCUT2D eigenvalue weighted by Gasteiger charge is 2.37. The molecule has 0 aliphatic heterocycles. The molecule has 0 amide bonds. The Hall–Kier alpha value is -6.38. The van der Waals surface area contributed by atoms with Crippen molar-refractivity contribution in [1.82, 2.24) is 0 Å². The molecule has 2 nitrogen and oxygen atoms in total. The van der Waals surface area contributed by atoms with Crippen LogP contribution in [0.3, 0.4) is 0 Å². The van der Waals surface area contributed by atoms with Crippen LogP contribution in [0.25, 0.3) is 66.1 Å². The van der Waals surface area contributed by atoms with Gasteiger partial charge in [0, 0.05) is 39.3 Å². The monoisotopic (exact) mass is 653 g/mol. The van der Waals surface area contributed by atoms with Gasteiger partial charge in [0.05, 0.1) is 0 Å². The first-order chi connectivity index (χ1) is 25.0. The largest absolute Gasteiger partial charge is 0.456 e. The van der Waals surface area contributed by atoms with Gasteiger partial charge in [-0.1, -0.05) is 135 Å². The topological polar surface area (TPSA) is 16.4 Å². The lowest BCUT2D eigenvalue weighted by molar-refractivity contribution is 0.662. The predicted octanol–water partition coefficient (Wildman–Crippen LogP) is 13.8. The van der Waals surface area contributed by atoms with Gasteiger partial charge < -0.3 is 9.32 Å². The molecule has 0 unspecified atom stereocenters. The minimum Gasteiger partial charge on any atom is -0.456 e. The Morgan fingerprint density at radius 2 is 1.06 bits per heavy atom. The van der Waals surface area contributed by atoms with Gasteiger partial charge in [-0.3, -0.25) is 0 Å². The van der Waals surface area contributed by atoms with Crippen molar-refractivity contribution in [2.75, 3.05) is 4.90 Å². The summed E-state index contributed by atoms with van der Waals surface area (Å²) in [5, 5.41) is 4.74. The van der Waals surface area contributed by atoms with E-state index in [1.54, 1.807) is 0 Å². The average molecular weight is 654 g/mol. The van der Waals surface area contributed by atoms with Crippen LogP contribution >= 0.6 is 0 Å². The maximum Gasteiger partial charge on any atom is 0.137 e. The Balaban J connectivity index is 1.11. The molecule has 242 valence electrons. The molecule has 1 aliphatic carbocycles. The lowest BCUT2D eigenvalue weighted by Gasteiger charge is -2.27. The Kier molecular flexibility index (Phi) is 6.56. The van der Waals surface area contributed by atoms with Crippen LogP contribution in [0.2, 0.25) is 0 Å². The zero-order valence-corrected chi connectivity index (χ0v) is 28.6. The third-order valence-electron chi connectivity index (χ3n) is 10.8. The minimum absolute atomic E-state index is 0.0849. The van der Waals surface area contributed by atoms with E-state index in [-0.39, 0.29) is 5.41 Å². The number of anilines is 3. The number of para-hydroxylation sites is 1. The summed E-state index contributed by atoms with van der Waals surface area (Å²) in [6.07, 6.45) is 0. The van der Waals surface area contributed by atoms with E-state index in [0.29, 0.717) is 0 Å². The SMILES string of the molecule is CC1(C)c2ccccc2-c2cccc(-c3ccc(N(c4cccc(-c5ccc6ccccc6c5)c4)c4ccc5c(c4)oc4ccccc45)cc3)c21. The maximum absolute atomic E-state index is 6.39. The molecule has 0 atom stereocenters. The van der Waals surface area contributed by atoms with Crippen molar-refractivity contribution in [3.05, 3.63) is 187 Å². The lowest BCUT2D eigenvalue weighted by atomic mass is 9.79. The summed E-state index contributed by atoms with van der Waals surface area (Å²) in [5.41, 5.74) is 15.2. The van der Waals surface area contributed by atoms with Crippen molar-refractivity contribution >= 4 is 49.8 Å². The molecule has 51 heavy (non-hydrogen) atoms. The van der Waals surface area contributed by atoms with Gasteiger partial charge in [0.2, 0.25) is 0 Å². The third-order valence-corrected chi connectivity index (χ3v) is 10.8. The van der Waals surface area contributed by atoms with Gasteiger partial charge in [0.1, 0.15) is 11.2 Å². The Labute approximate surface area is 297 Å². The number of hydrogen-bond acceptors (Lipinski definition) is 2. The van der Waals surface area contributed by atoms with Crippen LogP contribution in [0.5, 0.6) is 0 Å². The van der Waals surface area contributed by atoms with Crippen LogP contribution in [-0.2, 0) is 5.41 Å². The smallest absolute Gasteiger partial charge is 0.137 e. The summed E-state index contributed by atoms with van der Waals surface area (Å²) in [6, 6.07) is 63.7. The molecule has 0 fully saturated rings. The highest BCUT2D eigenvalue weighted by molar-refractivity contribution is 6.06. The minimum atomic E-state index is -0.0849. The van der Waals surface area contributed by atoms with Crippen molar-refractivity contribution in [3.63, 3.8) is 0 Å². The first-order valence-corrected chi connectivity index (χ1v) is 17.7. The number of hydrogen-bond donors (Lipinski definition) is 0. The van der Waals surface area contributed by atoms with Gasteiger partial charge in [-0.05, 0) is 104 Å². The highest BCUT2D eigenvalue weighted by Crippen LogP contribution is 2.52. The molecular formula is C49H35NO. The van der Waals surface area contributed by atoms with E-state index in [1.165, 1.54) is 55.3 Å². The fourth-order valence-electron chi connectivity index (χ4n) is 8.37. The van der Waals surface area contributed by atoms with Crippen molar-refractivity contribution in [2.24, 2.45) is 0 Å². The second-order valence-corrected chi connectivity index (χ2v) is 14.2. The van der Waals surface area contributed by atoms with E-state index in [9.17, 15) is 0 Å². The van der Waals surface area contributed by atoms with Crippen LogP contribution in [0.15, 0.2) is 180 Å². The molecule has 1 aromatic heterocycles.